The second-order valence-corrected chi connectivity index (χ2v) is 5.07. The molecule has 0 atom stereocenters. The maximum atomic E-state index is 2.27. The van der Waals surface area contributed by atoms with Crippen LogP contribution in [0.15, 0.2) is 12.2 Å². The van der Waals surface area contributed by atoms with E-state index in [1.54, 1.807) is 0 Å². The second-order valence-electron chi connectivity index (χ2n) is 5.07. The van der Waals surface area contributed by atoms with Crippen molar-refractivity contribution in [3.63, 3.8) is 0 Å². The fraction of sp³-hybridized carbons (Fsp3) is 0.800. The number of allylic oxidation sites excluding steroid dienone is 2. The first-order valence-corrected chi connectivity index (χ1v) is 3.91. The quantitative estimate of drug-likeness (QED) is 0.499. The standard InChI is InChI=1S/C10H20.Ar/c1-9(2,3)7-8-10(4,5)6;/h7-8H,1-6H3;/b8-7-;. The summed E-state index contributed by atoms with van der Waals surface area (Å²) in [5.41, 5.74) is 0.653. The molecule has 0 heterocycles. The van der Waals surface area contributed by atoms with Crippen LogP contribution < -0.4 is 0 Å². The van der Waals surface area contributed by atoms with Gasteiger partial charge in [0.05, 0.1) is 0 Å². The van der Waals surface area contributed by atoms with E-state index in [9.17, 15) is 0 Å². The van der Waals surface area contributed by atoms with Crippen molar-refractivity contribution in [3.05, 3.63) is 12.2 Å². The van der Waals surface area contributed by atoms with Crippen LogP contribution in [0.3, 0.4) is 0 Å². The van der Waals surface area contributed by atoms with E-state index in [1.165, 1.54) is 0 Å². The summed E-state index contributed by atoms with van der Waals surface area (Å²) in [6, 6.07) is 0. The minimum absolute atomic E-state index is 0. The average molecular weight is 180 g/mol. The van der Waals surface area contributed by atoms with Crippen LogP contribution in [0.4, 0.5) is 0 Å². The third-order valence-electron chi connectivity index (χ3n) is 1.08. The Balaban J connectivity index is 0. The molecule has 0 nitrogen and oxygen atoms in total. The fourth-order valence-corrected chi connectivity index (χ4v) is 0.500. The minimum Gasteiger partial charge on any atom is -0.0826 e. The SMILES string of the molecule is CC(C)(C)/C=C\C(C)(C)C.[Ar]. The van der Waals surface area contributed by atoms with Gasteiger partial charge in [-0.3, -0.25) is 0 Å². The molecule has 0 saturated carbocycles. The first-order valence-electron chi connectivity index (χ1n) is 3.91. The molecule has 0 N–H and O–H groups in total. The van der Waals surface area contributed by atoms with Crippen LogP contribution >= 0.6 is 0 Å². The van der Waals surface area contributed by atoms with E-state index in [0.717, 1.165) is 0 Å². The number of rotatable bonds is 0. The van der Waals surface area contributed by atoms with Crippen LogP contribution in [0.1, 0.15) is 41.5 Å². The van der Waals surface area contributed by atoms with E-state index >= 15 is 0 Å². The van der Waals surface area contributed by atoms with Gasteiger partial charge in [-0.25, -0.2) is 0 Å². The van der Waals surface area contributed by atoms with Crippen LogP contribution in [-0.2, 0) is 0 Å². The van der Waals surface area contributed by atoms with Gasteiger partial charge >= 0.3 is 0 Å². The summed E-state index contributed by atoms with van der Waals surface area (Å²) >= 11 is 0. The van der Waals surface area contributed by atoms with E-state index in [4.69, 9.17) is 0 Å². The van der Waals surface area contributed by atoms with Crippen molar-refractivity contribution in [2.45, 2.75) is 41.5 Å². The number of hydrogen-bond donors (Lipinski definition) is 0. The van der Waals surface area contributed by atoms with E-state index in [-0.39, 0.29) is 37.7 Å². The van der Waals surface area contributed by atoms with Gasteiger partial charge in [-0.1, -0.05) is 53.7 Å². The predicted octanol–water partition coefficient (Wildman–Crippen LogP) is 3.63. The van der Waals surface area contributed by atoms with Crippen LogP contribution in [0.25, 0.3) is 0 Å². The summed E-state index contributed by atoms with van der Waals surface area (Å²) in [5.74, 6) is 0. The van der Waals surface area contributed by atoms with E-state index < -0.39 is 0 Å². The Hall–Kier alpha value is 1.000. The Morgan fingerprint density at radius 1 is 0.636 bits per heavy atom. The van der Waals surface area contributed by atoms with E-state index in [1.807, 2.05) is 0 Å². The summed E-state index contributed by atoms with van der Waals surface area (Å²) in [6.07, 6.45) is 4.54. The first-order chi connectivity index (χ1) is 4.21. The van der Waals surface area contributed by atoms with Gasteiger partial charge in [0.2, 0.25) is 0 Å². The van der Waals surface area contributed by atoms with Gasteiger partial charge < -0.3 is 0 Å². The Bertz CT molecular complexity index is 105. The minimum atomic E-state index is 0. The van der Waals surface area contributed by atoms with Crippen molar-refractivity contribution < 1.29 is 37.7 Å². The fourth-order valence-electron chi connectivity index (χ4n) is 0.500. The van der Waals surface area contributed by atoms with Crippen molar-refractivity contribution in [2.24, 2.45) is 10.8 Å². The summed E-state index contributed by atoms with van der Waals surface area (Å²) in [4.78, 5) is 0. The summed E-state index contributed by atoms with van der Waals surface area (Å²) in [5, 5.41) is 0. The second kappa shape index (κ2) is 4.89. The smallest absolute Gasteiger partial charge is 0 e. The zero-order valence-corrected chi connectivity index (χ0v) is 9.22. The van der Waals surface area contributed by atoms with Gasteiger partial charge in [-0.15, -0.1) is 0 Å². The average Bonchev–Trinajstić information content (AvgIpc) is 1.57. The van der Waals surface area contributed by atoms with Crippen LogP contribution in [0, 0.1) is 48.6 Å². The van der Waals surface area contributed by atoms with E-state index in [2.05, 4.69) is 53.7 Å². The monoisotopic (exact) mass is 180 g/mol. The zero-order chi connectivity index (χ0) is 8.41. The van der Waals surface area contributed by atoms with Gasteiger partial charge in [0, 0.05) is 37.7 Å². The third-order valence-corrected chi connectivity index (χ3v) is 1.08. The molecule has 11 heavy (non-hydrogen) atoms. The van der Waals surface area contributed by atoms with E-state index in [0.29, 0.717) is 10.8 Å². The molecule has 0 bridgehead atoms. The third kappa shape index (κ3) is 13.9. The molecular weight excluding hydrogens is 160 g/mol. The topological polar surface area (TPSA) is 0 Å². The molecule has 0 spiro atoms. The van der Waals surface area contributed by atoms with Gasteiger partial charge in [0.25, 0.3) is 0 Å². The largest absolute Gasteiger partial charge is 0.0826 e. The van der Waals surface area contributed by atoms with Crippen LogP contribution in [-0.4, -0.2) is 0 Å². The van der Waals surface area contributed by atoms with Crippen molar-refractivity contribution in [2.75, 3.05) is 0 Å². The molecule has 0 amide bonds. The molecule has 0 fully saturated rings. The van der Waals surface area contributed by atoms with Crippen molar-refractivity contribution >= 4 is 0 Å². The first kappa shape index (κ1) is 14.5. The van der Waals surface area contributed by atoms with Crippen LogP contribution in [0.2, 0.25) is 0 Å². The molecule has 68 valence electrons. The molecule has 0 aliphatic rings. The number of hydrogen-bond acceptors (Lipinski definition) is 0. The molecule has 0 aromatic carbocycles. The van der Waals surface area contributed by atoms with Crippen molar-refractivity contribution in [1.29, 1.82) is 0 Å². The molecule has 0 radical (unpaired) electrons. The molecular formula is C10H20Ar. The molecule has 0 rings (SSSR count). The summed E-state index contributed by atoms with van der Waals surface area (Å²) in [6.45, 7) is 13.3. The molecule has 1 heteroatoms. The molecule has 0 aromatic heterocycles. The molecule has 0 aliphatic heterocycles. The maximum Gasteiger partial charge on any atom is 0 e. The predicted molar refractivity (Wildman–Crippen MR) is 48.1 cm³/mol. The van der Waals surface area contributed by atoms with Gasteiger partial charge in [-0.05, 0) is 10.8 Å². The summed E-state index contributed by atoms with van der Waals surface area (Å²) in [7, 11) is 0. The molecule has 0 unspecified atom stereocenters. The molecule has 0 saturated heterocycles. The zero-order valence-electron chi connectivity index (χ0n) is 8.51. The maximum absolute atomic E-state index is 2.27. The molecule has 0 aliphatic carbocycles. The van der Waals surface area contributed by atoms with Gasteiger partial charge in [-0.2, -0.15) is 0 Å². The normalized spacial score (nSPS) is 13.3. The van der Waals surface area contributed by atoms with Gasteiger partial charge in [0.15, 0.2) is 0 Å². The van der Waals surface area contributed by atoms with Crippen LogP contribution in [0.5, 0.6) is 0 Å². The Kier molecular flexibility index (Phi) is 6.45. The van der Waals surface area contributed by atoms with Crippen molar-refractivity contribution in [1.82, 2.24) is 0 Å². The summed E-state index contributed by atoms with van der Waals surface area (Å²) < 4.78 is 0. The Morgan fingerprint density at radius 2 is 0.818 bits per heavy atom. The van der Waals surface area contributed by atoms with Crippen molar-refractivity contribution in [3.8, 4) is 0 Å². The molecule has 0 aromatic rings. The van der Waals surface area contributed by atoms with Gasteiger partial charge in [0.1, 0.15) is 0 Å². The Morgan fingerprint density at radius 3 is 0.909 bits per heavy atom. The Labute approximate surface area is 101 Å².